The third kappa shape index (κ3) is 1.86. The fourth-order valence-electron chi connectivity index (χ4n) is 0.669. The van der Waals surface area contributed by atoms with Gasteiger partial charge in [-0.05, 0) is 6.07 Å². The van der Waals surface area contributed by atoms with Gasteiger partial charge < -0.3 is 18.7 Å². The number of nitrogens with two attached hydrogens (primary N) is 1. The highest BCUT2D eigenvalue weighted by Gasteiger charge is 2.25. The minimum atomic E-state index is -4.94. The second-order valence-corrected chi connectivity index (χ2v) is 2.09. The lowest BCUT2D eigenvalue weighted by molar-refractivity contribution is 0.501. The maximum Gasteiger partial charge on any atom is 0.509 e. The third-order valence-electron chi connectivity index (χ3n) is 1.18. The van der Waals surface area contributed by atoms with E-state index in [1.807, 2.05) is 0 Å². The van der Waals surface area contributed by atoms with Crippen LogP contribution in [-0.2, 0) is 0 Å². The van der Waals surface area contributed by atoms with Crippen molar-refractivity contribution >= 4 is 18.3 Å². The van der Waals surface area contributed by atoms with Crippen LogP contribution in [-0.4, -0.2) is 12.0 Å². The van der Waals surface area contributed by atoms with Crippen molar-refractivity contribution in [3.05, 3.63) is 18.3 Å². The Balaban J connectivity index is 3.06. The molecule has 0 aromatic carbocycles. The van der Waals surface area contributed by atoms with Gasteiger partial charge >= 0.3 is 6.98 Å². The molecule has 60 valence electrons. The quantitative estimate of drug-likeness (QED) is 0.616. The van der Waals surface area contributed by atoms with Gasteiger partial charge in [-0.2, -0.15) is 0 Å². The summed E-state index contributed by atoms with van der Waals surface area (Å²) in [5.74, 6) is -0.110. The van der Waals surface area contributed by atoms with Crippen molar-refractivity contribution in [2.24, 2.45) is 0 Å². The van der Waals surface area contributed by atoms with Gasteiger partial charge in [0.15, 0.2) is 0 Å². The zero-order valence-corrected chi connectivity index (χ0v) is 5.47. The Bertz CT molecular complexity index is 260. The molecule has 11 heavy (non-hydrogen) atoms. The molecule has 2 N–H and O–H groups in total. The molecule has 1 heterocycles. The molecule has 1 rings (SSSR count). The first-order valence-corrected chi connectivity index (χ1v) is 2.91. The van der Waals surface area contributed by atoms with Crippen LogP contribution >= 0.6 is 0 Å². The van der Waals surface area contributed by atoms with Crippen molar-refractivity contribution in [1.82, 2.24) is 4.98 Å². The summed E-state index contributed by atoms with van der Waals surface area (Å²) in [5.41, 5.74) is 4.34. The Hall–Kier alpha value is -1.20. The van der Waals surface area contributed by atoms with E-state index in [1.165, 1.54) is 0 Å². The van der Waals surface area contributed by atoms with Crippen LogP contribution in [0.25, 0.3) is 0 Å². The molecular formula is C5H5BF3N2-. The summed E-state index contributed by atoms with van der Waals surface area (Å²) < 4.78 is 35.8. The minimum absolute atomic E-state index is 0.110. The lowest BCUT2D eigenvalue weighted by atomic mass is 9.81. The van der Waals surface area contributed by atoms with Crippen molar-refractivity contribution in [2.45, 2.75) is 0 Å². The number of hydrogen-bond acceptors (Lipinski definition) is 2. The fraction of sp³-hybridized carbons (Fsp3) is 0. The summed E-state index contributed by atoms with van der Waals surface area (Å²) in [5, 5.41) is 0. The first-order valence-electron chi connectivity index (χ1n) is 2.91. The van der Waals surface area contributed by atoms with Gasteiger partial charge in [-0.25, -0.2) is 4.98 Å². The number of hydrogen-bond donors (Lipinski definition) is 1. The van der Waals surface area contributed by atoms with E-state index in [2.05, 4.69) is 4.98 Å². The smallest absolute Gasteiger partial charge is 0.445 e. The molecule has 2 nitrogen and oxygen atoms in total. The molecule has 0 spiro atoms. The molecule has 0 aliphatic heterocycles. The maximum absolute atomic E-state index is 11.9. The van der Waals surface area contributed by atoms with Crippen LogP contribution in [0.5, 0.6) is 0 Å². The molecular weight excluding hydrogens is 156 g/mol. The molecule has 0 bridgehead atoms. The normalized spacial score (nSPS) is 11.5. The van der Waals surface area contributed by atoms with Crippen LogP contribution in [0.3, 0.4) is 0 Å². The lowest BCUT2D eigenvalue weighted by Crippen LogP contribution is -2.34. The minimum Gasteiger partial charge on any atom is -0.445 e. The number of anilines is 1. The van der Waals surface area contributed by atoms with Gasteiger partial charge in [-0.3, -0.25) is 0 Å². The second kappa shape index (κ2) is 2.45. The van der Waals surface area contributed by atoms with Crippen molar-refractivity contribution in [1.29, 1.82) is 0 Å². The summed E-state index contributed by atoms with van der Waals surface area (Å²) in [7, 11) is 0. The molecule has 0 aliphatic carbocycles. The van der Waals surface area contributed by atoms with Crippen LogP contribution in [0, 0.1) is 0 Å². The van der Waals surface area contributed by atoms with Gasteiger partial charge in [-0.15, -0.1) is 5.46 Å². The standard InChI is InChI=1S/C5H5BF3N2/c7-6(8,9)4-1-2-11-5(10)3-4/h1-3H,(H2,10,11)/q-1. The first-order chi connectivity index (χ1) is 5.00. The number of rotatable bonds is 1. The highest BCUT2D eigenvalue weighted by Crippen LogP contribution is 2.08. The Morgan fingerprint density at radius 1 is 1.36 bits per heavy atom. The van der Waals surface area contributed by atoms with E-state index in [0.717, 1.165) is 18.3 Å². The fourth-order valence-corrected chi connectivity index (χ4v) is 0.669. The van der Waals surface area contributed by atoms with Gasteiger partial charge in [-0.1, -0.05) is 6.07 Å². The molecule has 0 saturated heterocycles. The Morgan fingerprint density at radius 3 is 2.36 bits per heavy atom. The van der Waals surface area contributed by atoms with Crippen LogP contribution in [0.15, 0.2) is 18.3 Å². The molecule has 0 aliphatic rings. The molecule has 1 aromatic heterocycles. The van der Waals surface area contributed by atoms with Crippen molar-refractivity contribution < 1.29 is 12.9 Å². The highest BCUT2D eigenvalue weighted by atomic mass is 19.4. The summed E-state index contributed by atoms with van der Waals surface area (Å²) in [6, 6.07) is 1.72. The van der Waals surface area contributed by atoms with Crippen molar-refractivity contribution in [3.8, 4) is 0 Å². The van der Waals surface area contributed by atoms with E-state index in [0.29, 0.717) is 0 Å². The average molecular weight is 161 g/mol. The lowest BCUT2D eigenvalue weighted by Gasteiger charge is -2.13. The first kappa shape index (κ1) is 7.91. The number of aromatic nitrogens is 1. The average Bonchev–Trinajstić information content (AvgIpc) is 1.86. The van der Waals surface area contributed by atoms with E-state index < -0.39 is 12.4 Å². The van der Waals surface area contributed by atoms with E-state index >= 15 is 0 Å². The van der Waals surface area contributed by atoms with Crippen LogP contribution in [0.4, 0.5) is 18.8 Å². The van der Waals surface area contributed by atoms with Crippen LogP contribution < -0.4 is 11.2 Å². The largest absolute Gasteiger partial charge is 0.509 e. The van der Waals surface area contributed by atoms with Crippen molar-refractivity contribution in [3.63, 3.8) is 0 Å². The van der Waals surface area contributed by atoms with Gasteiger partial charge in [0.25, 0.3) is 0 Å². The molecule has 0 atom stereocenters. The van der Waals surface area contributed by atoms with Gasteiger partial charge in [0.1, 0.15) is 5.82 Å². The molecule has 0 amide bonds. The number of nitrogens with zero attached hydrogens (tertiary/aromatic N) is 1. The topological polar surface area (TPSA) is 38.9 Å². The summed E-state index contributed by atoms with van der Waals surface area (Å²) in [6.07, 6.45) is 1.04. The van der Waals surface area contributed by atoms with Crippen molar-refractivity contribution in [2.75, 3.05) is 5.73 Å². The summed E-state index contributed by atoms with van der Waals surface area (Å²) >= 11 is 0. The molecule has 0 fully saturated rings. The van der Waals surface area contributed by atoms with Gasteiger partial charge in [0.05, 0.1) is 0 Å². The van der Waals surface area contributed by atoms with E-state index in [9.17, 15) is 12.9 Å². The predicted octanol–water partition coefficient (Wildman–Crippen LogP) is 0.718. The van der Waals surface area contributed by atoms with E-state index in [1.54, 1.807) is 0 Å². The van der Waals surface area contributed by atoms with Gasteiger partial charge in [0, 0.05) is 6.20 Å². The van der Waals surface area contributed by atoms with Crippen LogP contribution in [0.1, 0.15) is 0 Å². The SMILES string of the molecule is Nc1cc([B-](F)(F)F)ccn1. The van der Waals surface area contributed by atoms with Gasteiger partial charge in [0.2, 0.25) is 0 Å². The third-order valence-corrected chi connectivity index (χ3v) is 1.18. The summed E-state index contributed by atoms with van der Waals surface area (Å²) in [6.45, 7) is -4.94. The maximum atomic E-state index is 11.9. The zero-order valence-electron chi connectivity index (χ0n) is 5.47. The molecule has 0 unspecified atom stereocenters. The highest BCUT2D eigenvalue weighted by molar-refractivity contribution is 6.73. The Labute approximate surface area is 61.3 Å². The predicted molar refractivity (Wildman–Crippen MR) is 37.4 cm³/mol. The number of halogens is 3. The van der Waals surface area contributed by atoms with E-state index in [-0.39, 0.29) is 5.82 Å². The molecule has 1 aromatic rings. The zero-order chi connectivity index (χ0) is 8.48. The Morgan fingerprint density at radius 2 is 2.00 bits per heavy atom. The number of pyridine rings is 1. The van der Waals surface area contributed by atoms with E-state index in [4.69, 9.17) is 5.73 Å². The summed E-state index contributed by atoms with van der Waals surface area (Å²) in [4.78, 5) is 3.44. The van der Waals surface area contributed by atoms with Crippen LogP contribution in [0.2, 0.25) is 0 Å². The Kier molecular flexibility index (Phi) is 1.76. The second-order valence-electron chi connectivity index (χ2n) is 2.09. The molecule has 0 saturated carbocycles. The molecule has 6 heteroatoms. The number of nitrogen functional groups attached to an aromatic ring is 1. The molecule has 0 radical (unpaired) electrons. The monoisotopic (exact) mass is 161 g/mol.